The van der Waals surface area contributed by atoms with Crippen molar-refractivity contribution in [1.29, 1.82) is 0 Å². The van der Waals surface area contributed by atoms with E-state index in [1.54, 1.807) is 12.1 Å². The molecule has 104 valence electrons. The van der Waals surface area contributed by atoms with Crippen molar-refractivity contribution in [2.24, 2.45) is 0 Å². The Balaban J connectivity index is 2.91. The van der Waals surface area contributed by atoms with Gasteiger partial charge in [-0.05, 0) is 45.0 Å². The first kappa shape index (κ1) is 15.7. The lowest BCUT2D eigenvalue weighted by atomic mass is 9.99. The van der Waals surface area contributed by atoms with Gasteiger partial charge in [0.05, 0.1) is 5.56 Å². The highest BCUT2D eigenvalue weighted by Gasteiger charge is 2.21. The molecule has 1 aromatic rings. The fourth-order valence-corrected chi connectivity index (χ4v) is 1.66. The maximum atomic E-state index is 13.5. The van der Waals surface area contributed by atoms with E-state index < -0.39 is 0 Å². The van der Waals surface area contributed by atoms with Crippen LogP contribution in [0.4, 0.5) is 4.39 Å². The van der Waals surface area contributed by atoms with E-state index in [9.17, 15) is 4.39 Å². The number of halogens is 1. The Labute approximate surface area is 115 Å². The van der Waals surface area contributed by atoms with Crippen LogP contribution in [-0.4, -0.2) is 29.2 Å². The van der Waals surface area contributed by atoms with Gasteiger partial charge in [-0.1, -0.05) is 24.8 Å². The summed E-state index contributed by atoms with van der Waals surface area (Å²) in [6, 6.07) is 4.96. The van der Waals surface area contributed by atoms with Gasteiger partial charge in [0.25, 0.3) is 0 Å². The average Bonchev–Trinajstić information content (AvgIpc) is 2.39. The lowest BCUT2D eigenvalue weighted by Gasteiger charge is -2.34. The molecule has 0 aliphatic rings. The molecule has 0 aliphatic heterocycles. The standard InChI is InChI=1S/C16H22FNO/c1-5-16(2,3)18(4)12-13-8-9-15(17)14(11-13)7-6-10-19/h8-9,11,19H,5,10,12H2,1-4H3. The summed E-state index contributed by atoms with van der Waals surface area (Å²) in [4.78, 5) is 2.24. The fraction of sp³-hybridized carbons (Fsp3) is 0.500. The molecule has 1 aromatic carbocycles. The van der Waals surface area contributed by atoms with Crippen LogP contribution in [0.25, 0.3) is 0 Å². The van der Waals surface area contributed by atoms with Crippen LogP contribution in [0, 0.1) is 17.7 Å². The van der Waals surface area contributed by atoms with Crippen molar-refractivity contribution in [3.8, 4) is 11.8 Å². The zero-order valence-electron chi connectivity index (χ0n) is 12.1. The largest absolute Gasteiger partial charge is 0.384 e. The predicted molar refractivity (Wildman–Crippen MR) is 76.2 cm³/mol. The number of rotatable bonds is 4. The van der Waals surface area contributed by atoms with Gasteiger partial charge in [0.15, 0.2) is 0 Å². The Kier molecular flexibility index (Phi) is 5.53. The number of benzene rings is 1. The molecule has 0 unspecified atom stereocenters. The van der Waals surface area contributed by atoms with Gasteiger partial charge in [0.1, 0.15) is 12.4 Å². The fourth-order valence-electron chi connectivity index (χ4n) is 1.66. The molecule has 0 radical (unpaired) electrons. The van der Waals surface area contributed by atoms with E-state index in [1.807, 2.05) is 0 Å². The maximum Gasteiger partial charge on any atom is 0.138 e. The molecule has 0 aliphatic carbocycles. The van der Waals surface area contributed by atoms with E-state index in [-0.39, 0.29) is 18.0 Å². The van der Waals surface area contributed by atoms with Gasteiger partial charge in [0, 0.05) is 12.1 Å². The molecule has 0 bridgehead atoms. The van der Waals surface area contributed by atoms with Crippen molar-refractivity contribution in [2.75, 3.05) is 13.7 Å². The summed E-state index contributed by atoms with van der Waals surface area (Å²) < 4.78 is 13.5. The number of aliphatic hydroxyl groups excluding tert-OH is 1. The Morgan fingerprint density at radius 1 is 1.37 bits per heavy atom. The highest BCUT2D eigenvalue weighted by molar-refractivity contribution is 5.38. The first-order valence-electron chi connectivity index (χ1n) is 6.50. The maximum absolute atomic E-state index is 13.5. The predicted octanol–water partition coefficient (Wildman–Crippen LogP) is 2.79. The van der Waals surface area contributed by atoms with E-state index >= 15 is 0 Å². The van der Waals surface area contributed by atoms with E-state index in [0.29, 0.717) is 5.56 Å². The minimum atomic E-state index is -0.345. The molecule has 0 spiro atoms. The zero-order chi connectivity index (χ0) is 14.5. The molecule has 1 N–H and O–H groups in total. The third-order valence-electron chi connectivity index (χ3n) is 3.65. The Hall–Kier alpha value is -1.37. The SMILES string of the molecule is CCC(C)(C)N(C)Cc1ccc(F)c(C#CCO)c1. The van der Waals surface area contributed by atoms with Crippen LogP contribution in [-0.2, 0) is 6.54 Å². The van der Waals surface area contributed by atoms with Crippen molar-refractivity contribution in [2.45, 2.75) is 39.3 Å². The van der Waals surface area contributed by atoms with Crippen LogP contribution in [0.1, 0.15) is 38.3 Å². The van der Waals surface area contributed by atoms with Gasteiger partial charge in [0.2, 0.25) is 0 Å². The molecule has 1 rings (SSSR count). The van der Waals surface area contributed by atoms with Crippen molar-refractivity contribution >= 4 is 0 Å². The van der Waals surface area contributed by atoms with Crippen LogP contribution < -0.4 is 0 Å². The summed E-state index contributed by atoms with van der Waals surface area (Å²) in [6.07, 6.45) is 1.04. The third kappa shape index (κ3) is 4.34. The molecule has 0 atom stereocenters. The first-order valence-corrected chi connectivity index (χ1v) is 6.50. The second-order valence-corrected chi connectivity index (χ2v) is 5.30. The lowest BCUT2D eigenvalue weighted by molar-refractivity contribution is 0.143. The normalized spacial score (nSPS) is 11.3. The summed E-state index contributed by atoms with van der Waals surface area (Å²) in [5.74, 6) is 4.77. The average molecular weight is 263 g/mol. The minimum absolute atomic E-state index is 0.103. The van der Waals surface area contributed by atoms with Crippen molar-refractivity contribution in [1.82, 2.24) is 4.90 Å². The summed E-state index contributed by atoms with van der Waals surface area (Å²) in [5.41, 5.74) is 1.47. The Morgan fingerprint density at radius 2 is 2.05 bits per heavy atom. The van der Waals surface area contributed by atoms with Gasteiger partial charge < -0.3 is 5.11 Å². The van der Waals surface area contributed by atoms with Crippen LogP contribution >= 0.6 is 0 Å². The van der Waals surface area contributed by atoms with Gasteiger partial charge in [-0.3, -0.25) is 4.90 Å². The number of hydrogen-bond donors (Lipinski definition) is 1. The molecule has 19 heavy (non-hydrogen) atoms. The molecule has 2 nitrogen and oxygen atoms in total. The van der Waals surface area contributed by atoms with Crippen LogP contribution in [0.2, 0.25) is 0 Å². The summed E-state index contributed by atoms with van der Waals surface area (Å²) in [5, 5.41) is 8.67. The third-order valence-corrected chi connectivity index (χ3v) is 3.65. The van der Waals surface area contributed by atoms with Crippen LogP contribution in [0.3, 0.4) is 0 Å². The second-order valence-electron chi connectivity index (χ2n) is 5.30. The molecule has 3 heteroatoms. The first-order chi connectivity index (χ1) is 8.90. The Morgan fingerprint density at radius 3 is 2.63 bits per heavy atom. The zero-order valence-corrected chi connectivity index (χ0v) is 12.1. The number of nitrogens with zero attached hydrogens (tertiary/aromatic N) is 1. The summed E-state index contributed by atoms with van der Waals surface area (Å²) in [7, 11) is 2.06. The quantitative estimate of drug-likeness (QED) is 0.844. The summed E-state index contributed by atoms with van der Waals surface area (Å²) >= 11 is 0. The molecule has 0 saturated carbocycles. The van der Waals surface area contributed by atoms with Crippen LogP contribution in [0.5, 0.6) is 0 Å². The van der Waals surface area contributed by atoms with E-state index in [2.05, 4.69) is 44.6 Å². The van der Waals surface area contributed by atoms with Gasteiger partial charge in [-0.25, -0.2) is 4.39 Å². The number of aliphatic hydroxyl groups is 1. The topological polar surface area (TPSA) is 23.5 Å². The second kappa shape index (κ2) is 6.70. The van der Waals surface area contributed by atoms with Crippen molar-refractivity contribution in [3.05, 3.63) is 35.1 Å². The number of hydrogen-bond acceptors (Lipinski definition) is 2. The smallest absolute Gasteiger partial charge is 0.138 e. The molecule has 0 fully saturated rings. The molecule has 0 amide bonds. The highest BCUT2D eigenvalue weighted by atomic mass is 19.1. The highest BCUT2D eigenvalue weighted by Crippen LogP contribution is 2.20. The van der Waals surface area contributed by atoms with E-state index in [0.717, 1.165) is 18.5 Å². The van der Waals surface area contributed by atoms with Crippen LogP contribution in [0.15, 0.2) is 18.2 Å². The van der Waals surface area contributed by atoms with Crippen molar-refractivity contribution < 1.29 is 9.50 Å². The summed E-state index contributed by atoms with van der Waals surface area (Å²) in [6.45, 7) is 7.01. The van der Waals surface area contributed by atoms with Gasteiger partial charge in [-0.2, -0.15) is 0 Å². The minimum Gasteiger partial charge on any atom is -0.384 e. The molecule has 0 saturated heterocycles. The van der Waals surface area contributed by atoms with E-state index in [4.69, 9.17) is 5.11 Å². The Bertz CT molecular complexity index is 485. The van der Waals surface area contributed by atoms with Gasteiger partial charge in [-0.15, -0.1) is 0 Å². The monoisotopic (exact) mass is 263 g/mol. The van der Waals surface area contributed by atoms with Gasteiger partial charge >= 0.3 is 0 Å². The lowest BCUT2D eigenvalue weighted by Crippen LogP contribution is -2.39. The molecular weight excluding hydrogens is 241 g/mol. The molecule has 0 heterocycles. The molecular formula is C16H22FNO. The molecule has 0 aromatic heterocycles. The van der Waals surface area contributed by atoms with Crippen molar-refractivity contribution in [3.63, 3.8) is 0 Å². The van der Waals surface area contributed by atoms with E-state index in [1.165, 1.54) is 6.07 Å².